The van der Waals surface area contributed by atoms with Crippen molar-refractivity contribution in [3.8, 4) is 0 Å². The maximum Gasteiger partial charge on any atom is 0.291 e. The molecule has 2 amide bonds. The number of hydrogen-bond donors (Lipinski definition) is 2. The number of aromatic nitrogens is 2. The van der Waals surface area contributed by atoms with Gasteiger partial charge in [-0.25, -0.2) is 0 Å². The molecule has 0 unspecified atom stereocenters. The topological polar surface area (TPSA) is 89.2 Å². The van der Waals surface area contributed by atoms with Gasteiger partial charge in [-0.15, -0.1) is 0 Å². The van der Waals surface area contributed by atoms with Crippen molar-refractivity contribution in [3.05, 3.63) is 83.9 Å². The summed E-state index contributed by atoms with van der Waals surface area (Å²) < 4.78 is 7.00. The molecular weight excluding hydrogens is 368 g/mol. The highest BCUT2D eigenvalue weighted by Crippen LogP contribution is 2.18. The van der Waals surface area contributed by atoms with Crippen LogP contribution in [-0.4, -0.2) is 21.6 Å². The summed E-state index contributed by atoms with van der Waals surface area (Å²) in [6.45, 7) is 3.10. The number of fused-ring (bicyclic) bond motifs is 1. The molecule has 7 heteroatoms. The van der Waals surface area contributed by atoms with Crippen LogP contribution in [0.25, 0.3) is 10.9 Å². The Labute approximate surface area is 167 Å². The van der Waals surface area contributed by atoms with Gasteiger partial charge >= 0.3 is 0 Å². The minimum atomic E-state index is -0.371. The summed E-state index contributed by atoms with van der Waals surface area (Å²) in [4.78, 5) is 24.7. The number of carbonyl (C=O) groups is 2. The summed E-state index contributed by atoms with van der Waals surface area (Å²) in [6, 6.07) is 17.9. The van der Waals surface area contributed by atoms with Crippen LogP contribution in [0.5, 0.6) is 0 Å². The highest BCUT2D eigenvalue weighted by molar-refractivity contribution is 6.03. The van der Waals surface area contributed by atoms with Gasteiger partial charge in [0.1, 0.15) is 0 Å². The van der Waals surface area contributed by atoms with E-state index < -0.39 is 0 Å². The predicted octanol–water partition coefficient (Wildman–Crippen LogP) is 3.83. The smallest absolute Gasteiger partial charge is 0.291 e. The second-order valence-corrected chi connectivity index (χ2v) is 6.47. The lowest BCUT2D eigenvalue weighted by atomic mass is 10.1. The Kier molecular flexibility index (Phi) is 5.11. The van der Waals surface area contributed by atoms with Gasteiger partial charge in [0.05, 0.1) is 24.0 Å². The lowest BCUT2D eigenvalue weighted by Crippen LogP contribution is -2.23. The summed E-state index contributed by atoms with van der Waals surface area (Å²) in [6.07, 6.45) is 1.43. The van der Waals surface area contributed by atoms with Crippen LogP contribution in [0.15, 0.2) is 71.3 Å². The van der Waals surface area contributed by atoms with Crippen LogP contribution in [0.3, 0.4) is 0 Å². The molecule has 2 N–H and O–H groups in total. The van der Waals surface area contributed by atoms with Crippen LogP contribution >= 0.6 is 0 Å². The van der Waals surface area contributed by atoms with Crippen LogP contribution < -0.4 is 10.6 Å². The molecule has 0 aliphatic heterocycles. The molecule has 0 aliphatic rings. The molecule has 4 rings (SSSR count). The molecule has 0 atom stereocenters. The van der Waals surface area contributed by atoms with E-state index >= 15 is 0 Å². The highest BCUT2D eigenvalue weighted by Gasteiger charge is 2.13. The lowest BCUT2D eigenvalue weighted by molar-refractivity contribution is 0.0948. The van der Waals surface area contributed by atoms with Gasteiger partial charge in [-0.1, -0.05) is 24.3 Å². The van der Waals surface area contributed by atoms with Crippen LogP contribution in [0.4, 0.5) is 5.69 Å². The third-order valence-corrected chi connectivity index (χ3v) is 4.58. The molecule has 0 saturated heterocycles. The molecule has 2 aromatic carbocycles. The van der Waals surface area contributed by atoms with Crippen molar-refractivity contribution in [1.29, 1.82) is 0 Å². The number of hydrogen-bond acceptors (Lipinski definition) is 4. The molecule has 0 spiro atoms. The third kappa shape index (κ3) is 3.89. The maximum absolute atomic E-state index is 12.6. The van der Waals surface area contributed by atoms with Crippen molar-refractivity contribution in [2.75, 3.05) is 5.32 Å². The molecule has 2 heterocycles. The van der Waals surface area contributed by atoms with E-state index in [9.17, 15) is 9.59 Å². The third-order valence-electron chi connectivity index (χ3n) is 4.58. The van der Waals surface area contributed by atoms with Gasteiger partial charge in [0, 0.05) is 23.2 Å². The molecular formula is C22H20N4O3. The first-order chi connectivity index (χ1) is 14.2. The standard InChI is InChI=1S/C22H20N4O3/c1-2-26-19-10-4-3-9-17(19)18(25-26)14-23-21(27)15-7-5-8-16(13-15)24-22(28)20-11-6-12-29-20/h3-13H,2,14H2,1H3,(H,23,27)(H,24,28). The number of para-hydroxylation sites is 1. The zero-order valence-electron chi connectivity index (χ0n) is 15.9. The fourth-order valence-corrected chi connectivity index (χ4v) is 3.17. The molecule has 0 fully saturated rings. The lowest BCUT2D eigenvalue weighted by Gasteiger charge is -2.07. The molecule has 146 valence electrons. The van der Waals surface area contributed by atoms with Crippen molar-refractivity contribution in [2.45, 2.75) is 20.0 Å². The van der Waals surface area contributed by atoms with Crippen LogP contribution in [0, 0.1) is 0 Å². The Balaban J connectivity index is 1.46. The Bertz CT molecular complexity index is 1160. The summed E-state index contributed by atoms with van der Waals surface area (Å²) >= 11 is 0. The van der Waals surface area contributed by atoms with Gasteiger partial charge in [0.25, 0.3) is 11.8 Å². The Morgan fingerprint density at radius 2 is 1.90 bits per heavy atom. The predicted molar refractivity (Wildman–Crippen MR) is 110 cm³/mol. The van der Waals surface area contributed by atoms with Gasteiger partial charge in [-0.2, -0.15) is 5.10 Å². The second kappa shape index (κ2) is 8.02. The molecule has 0 radical (unpaired) electrons. The Hall–Kier alpha value is -3.87. The van der Waals surface area contributed by atoms with Gasteiger partial charge in [-0.05, 0) is 43.3 Å². The number of rotatable bonds is 6. The van der Waals surface area contributed by atoms with Gasteiger partial charge in [-0.3, -0.25) is 14.3 Å². The fourth-order valence-electron chi connectivity index (χ4n) is 3.17. The van der Waals surface area contributed by atoms with E-state index in [0.717, 1.165) is 23.1 Å². The second-order valence-electron chi connectivity index (χ2n) is 6.47. The summed E-state index contributed by atoms with van der Waals surface area (Å²) in [5.41, 5.74) is 2.82. The SMILES string of the molecule is CCn1nc(CNC(=O)c2cccc(NC(=O)c3ccco3)c2)c2ccccc21. The van der Waals surface area contributed by atoms with Crippen molar-refractivity contribution in [3.63, 3.8) is 0 Å². The Morgan fingerprint density at radius 3 is 2.69 bits per heavy atom. The van der Waals surface area contributed by atoms with Crippen molar-refractivity contribution in [2.24, 2.45) is 0 Å². The first-order valence-corrected chi connectivity index (χ1v) is 9.33. The molecule has 0 bridgehead atoms. The number of nitrogens with one attached hydrogen (secondary N) is 2. The van der Waals surface area contributed by atoms with Crippen molar-refractivity contribution in [1.82, 2.24) is 15.1 Å². The fraction of sp³-hybridized carbons (Fsp3) is 0.136. The summed E-state index contributed by atoms with van der Waals surface area (Å²) in [7, 11) is 0. The first kappa shape index (κ1) is 18.5. The van der Waals surface area contributed by atoms with Crippen LogP contribution in [0.2, 0.25) is 0 Å². The summed E-state index contributed by atoms with van der Waals surface area (Å²) in [5.74, 6) is -0.406. The number of nitrogens with zero attached hydrogens (tertiary/aromatic N) is 2. The number of aryl methyl sites for hydroxylation is 1. The molecule has 0 aliphatic carbocycles. The summed E-state index contributed by atoms with van der Waals surface area (Å²) in [5, 5.41) is 11.2. The van der Waals surface area contributed by atoms with E-state index in [1.807, 2.05) is 35.9 Å². The number of amides is 2. The van der Waals surface area contributed by atoms with E-state index in [-0.39, 0.29) is 17.6 Å². The molecule has 29 heavy (non-hydrogen) atoms. The van der Waals surface area contributed by atoms with E-state index in [1.165, 1.54) is 6.26 Å². The molecule has 4 aromatic rings. The van der Waals surface area contributed by atoms with E-state index in [1.54, 1.807) is 36.4 Å². The quantitative estimate of drug-likeness (QED) is 0.525. The number of anilines is 1. The maximum atomic E-state index is 12.6. The van der Waals surface area contributed by atoms with E-state index in [0.29, 0.717) is 17.8 Å². The monoisotopic (exact) mass is 388 g/mol. The zero-order valence-corrected chi connectivity index (χ0v) is 15.9. The molecule has 0 saturated carbocycles. The normalized spacial score (nSPS) is 10.8. The molecule has 2 aromatic heterocycles. The average molecular weight is 388 g/mol. The van der Waals surface area contributed by atoms with Crippen LogP contribution in [0.1, 0.15) is 33.5 Å². The zero-order chi connectivity index (χ0) is 20.2. The largest absolute Gasteiger partial charge is 0.459 e. The number of benzene rings is 2. The minimum Gasteiger partial charge on any atom is -0.459 e. The van der Waals surface area contributed by atoms with Gasteiger partial charge in [0.15, 0.2) is 5.76 Å². The average Bonchev–Trinajstić information content (AvgIpc) is 3.40. The van der Waals surface area contributed by atoms with Crippen molar-refractivity contribution < 1.29 is 14.0 Å². The van der Waals surface area contributed by atoms with Crippen LogP contribution in [-0.2, 0) is 13.1 Å². The molecule has 7 nitrogen and oxygen atoms in total. The minimum absolute atomic E-state index is 0.207. The number of carbonyl (C=O) groups excluding carboxylic acids is 2. The van der Waals surface area contributed by atoms with E-state index in [2.05, 4.69) is 15.7 Å². The van der Waals surface area contributed by atoms with Gasteiger partial charge in [0.2, 0.25) is 0 Å². The highest BCUT2D eigenvalue weighted by atomic mass is 16.3. The van der Waals surface area contributed by atoms with Crippen molar-refractivity contribution >= 4 is 28.4 Å². The first-order valence-electron chi connectivity index (χ1n) is 9.33. The Morgan fingerprint density at radius 1 is 1.03 bits per heavy atom. The van der Waals surface area contributed by atoms with E-state index in [4.69, 9.17) is 4.42 Å². The van der Waals surface area contributed by atoms with Gasteiger partial charge < -0.3 is 15.1 Å². The number of furan rings is 1.